The topological polar surface area (TPSA) is 103 Å². The minimum atomic E-state index is -0.437. The molecule has 0 fully saturated rings. The summed E-state index contributed by atoms with van der Waals surface area (Å²) < 4.78 is 7.67. The minimum absolute atomic E-state index is 0.0266. The van der Waals surface area contributed by atoms with Crippen LogP contribution in [0.25, 0.3) is 17.0 Å². The summed E-state index contributed by atoms with van der Waals surface area (Å²) in [5.41, 5.74) is 5.40. The number of hydrazone groups is 1. The lowest BCUT2D eigenvalue weighted by Crippen LogP contribution is -2.17. The van der Waals surface area contributed by atoms with E-state index in [0.717, 1.165) is 16.8 Å². The lowest BCUT2D eigenvalue weighted by molar-refractivity contribution is -0.384. The highest BCUT2D eigenvalue weighted by Crippen LogP contribution is 2.28. The zero-order valence-electron chi connectivity index (χ0n) is 16.6. The van der Waals surface area contributed by atoms with Crippen molar-refractivity contribution in [1.82, 2.24) is 9.99 Å². The van der Waals surface area contributed by atoms with E-state index in [-0.39, 0.29) is 11.6 Å². The zero-order valence-corrected chi connectivity index (χ0v) is 16.6. The van der Waals surface area contributed by atoms with Crippen LogP contribution in [0.1, 0.15) is 21.7 Å². The van der Waals surface area contributed by atoms with Gasteiger partial charge in [0.1, 0.15) is 11.5 Å². The number of nitro groups is 1. The molecule has 31 heavy (non-hydrogen) atoms. The third-order valence-electron chi connectivity index (χ3n) is 4.70. The lowest BCUT2D eigenvalue weighted by Gasteiger charge is -2.04. The summed E-state index contributed by atoms with van der Waals surface area (Å²) in [7, 11) is 0. The van der Waals surface area contributed by atoms with Crippen LogP contribution in [0, 0.1) is 17.0 Å². The number of rotatable bonds is 6. The second-order valence-electron chi connectivity index (χ2n) is 6.79. The first kappa shape index (κ1) is 19.8. The largest absolute Gasteiger partial charge is 0.455 e. The normalized spacial score (nSPS) is 11.0. The Morgan fingerprint density at radius 1 is 1.10 bits per heavy atom. The monoisotopic (exact) mass is 414 g/mol. The Morgan fingerprint density at radius 2 is 1.84 bits per heavy atom. The number of nitrogens with one attached hydrogen (secondary N) is 1. The van der Waals surface area contributed by atoms with Gasteiger partial charge in [-0.25, -0.2) is 5.43 Å². The molecular formula is C23H18N4O4. The SMILES string of the molecule is Cc1cc([N+](=O)[O-])ccc1-c1ccc(/C=N/NC(=O)c2ccc(-n3cccc3)cc2)o1. The van der Waals surface area contributed by atoms with E-state index < -0.39 is 4.92 Å². The van der Waals surface area contributed by atoms with Gasteiger partial charge >= 0.3 is 0 Å². The van der Waals surface area contributed by atoms with Gasteiger partial charge < -0.3 is 8.98 Å². The number of nitro benzene ring substituents is 1. The number of carbonyl (C=O) groups is 1. The van der Waals surface area contributed by atoms with Crippen LogP contribution in [-0.2, 0) is 0 Å². The predicted octanol–water partition coefficient (Wildman–Crippen LogP) is 4.72. The van der Waals surface area contributed by atoms with Gasteiger partial charge in [-0.05, 0) is 67.1 Å². The average molecular weight is 414 g/mol. The second kappa shape index (κ2) is 8.50. The van der Waals surface area contributed by atoms with Crippen molar-refractivity contribution in [3.8, 4) is 17.0 Å². The number of hydrogen-bond acceptors (Lipinski definition) is 5. The van der Waals surface area contributed by atoms with Crippen molar-refractivity contribution in [1.29, 1.82) is 0 Å². The quantitative estimate of drug-likeness (QED) is 0.280. The molecule has 0 aliphatic carbocycles. The number of carbonyl (C=O) groups excluding carboxylic acids is 1. The van der Waals surface area contributed by atoms with Crippen LogP contribution in [0.5, 0.6) is 0 Å². The standard InChI is InChI=1S/C23H18N4O4/c1-16-14-19(27(29)30)8-10-21(16)22-11-9-20(31-22)15-24-25-23(28)17-4-6-18(7-5-17)26-12-2-3-13-26/h2-15H,1H3,(H,25,28)/b24-15+. The molecule has 8 nitrogen and oxygen atoms in total. The van der Waals surface area contributed by atoms with Crippen molar-refractivity contribution in [3.63, 3.8) is 0 Å². The summed E-state index contributed by atoms with van der Waals surface area (Å²) in [6, 6.07) is 19.0. The molecule has 1 N–H and O–H groups in total. The van der Waals surface area contributed by atoms with Gasteiger partial charge in [0.25, 0.3) is 11.6 Å². The summed E-state index contributed by atoms with van der Waals surface area (Å²) in [4.78, 5) is 22.7. The van der Waals surface area contributed by atoms with Crippen LogP contribution in [0.2, 0.25) is 0 Å². The van der Waals surface area contributed by atoms with Gasteiger partial charge in [0.05, 0.1) is 11.1 Å². The predicted molar refractivity (Wildman–Crippen MR) is 116 cm³/mol. The Balaban J connectivity index is 1.40. The molecular weight excluding hydrogens is 396 g/mol. The van der Waals surface area contributed by atoms with E-state index in [2.05, 4.69) is 10.5 Å². The first-order valence-electron chi connectivity index (χ1n) is 9.43. The van der Waals surface area contributed by atoms with Crippen molar-refractivity contribution < 1.29 is 14.1 Å². The fourth-order valence-corrected chi connectivity index (χ4v) is 3.12. The third kappa shape index (κ3) is 4.43. The summed E-state index contributed by atoms with van der Waals surface area (Å²) >= 11 is 0. The van der Waals surface area contributed by atoms with Crippen LogP contribution in [0.3, 0.4) is 0 Å². The van der Waals surface area contributed by atoms with Crippen molar-refractivity contribution >= 4 is 17.8 Å². The zero-order chi connectivity index (χ0) is 21.8. The molecule has 2 heterocycles. The molecule has 2 aromatic carbocycles. The highest BCUT2D eigenvalue weighted by atomic mass is 16.6. The van der Waals surface area contributed by atoms with Gasteiger partial charge in [-0.2, -0.15) is 5.10 Å². The Morgan fingerprint density at radius 3 is 2.52 bits per heavy atom. The number of benzene rings is 2. The van der Waals surface area contributed by atoms with Crippen LogP contribution < -0.4 is 5.43 Å². The lowest BCUT2D eigenvalue weighted by atomic mass is 10.1. The molecule has 2 aromatic heterocycles. The molecule has 0 radical (unpaired) electrons. The molecule has 0 atom stereocenters. The maximum atomic E-state index is 12.3. The third-order valence-corrected chi connectivity index (χ3v) is 4.70. The summed E-state index contributed by atoms with van der Waals surface area (Å²) in [6.45, 7) is 1.78. The Labute approximate surface area is 177 Å². The molecule has 1 amide bonds. The summed E-state index contributed by atoms with van der Waals surface area (Å²) in [5.74, 6) is 0.657. The summed E-state index contributed by atoms with van der Waals surface area (Å²) in [6.07, 6.45) is 5.25. The fourth-order valence-electron chi connectivity index (χ4n) is 3.12. The van der Waals surface area contributed by atoms with E-state index in [1.165, 1.54) is 18.3 Å². The number of non-ortho nitro benzene ring substituents is 1. The number of hydrogen-bond donors (Lipinski definition) is 1. The van der Waals surface area contributed by atoms with Crippen LogP contribution >= 0.6 is 0 Å². The van der Waals surface area contributed by atoms with E-state index >= 15 is 0 Å². The molecule has 154 valence electrons. The van der Waals surface area contributed by atoms with Crippen LogP contribution in [0.4, 0.5) is 5.69 Å². The Hall–Kier alpha value is -4.46. The Bertz CT molecular complexity index is 1260. The van der Waals surface area contributed by atoms with Crippen LogP contribution in [-0.4, -0.2) is 21.6 Å². The maximum absolute atomic E-state index is 12.3. The molecule has 4 rings (SSSR count). The molecule has 0 aliphatic rings. The first-order chi connectivity index (χ1) is 15.0. The number of furan rings is 1. The number of nitrogens with zero attached hydrogens (tertiary/aromatic N) is 3. The van der Waals surface area contributed by atoms with Crippen molar-refractivity contribution in [2.24, 2.45) is 5.10 Å². The van der Waals surface area contributed by atoms with Crippen molar-refractivity contribution in [2.45, 2.75) is 6.92 Å². The van der Waals surface area contributed by atoms with E-state index in [1.54, 1.807) is 37.3 Å². The van der Waals surface area contributed by atoms with E-state index in [0.29, 0.717) is 17.1 Å². The molecule has 0 aliphatic heterocycles. The smallest absolute Gasteiger partial charge is 0.271 e. The van der Waals surface area contributed by atoms with Gasteiger partial charge in [0, 0.05) is 41.3 Å². The molecule has 0 saturated heterocycles. The average Bonchev–Trinajstić information content (AvgIpc) is 3.46. The summed E-state index contributed by atoms with van der Waals surface area (Å²) in [5, 5.41) is 14.8. The molecule has 0 bridgehead atoms. The van der Waals surface area contributed by atoms with Gasteiger partial charge in [-0.1, -0.05) is 0 Å². The van der Waals surface area contributed by atoms with Gasteiger partial charge in [0.2, 0.25) is 0 Å². The van der Waals surface area contributed by atoms with Crippen molar-refractivity contribution in [3.05, 3.63) is 106 Å². The van der Waals surface area contributed by atoms with E-state index in [4.69, 9.17) is 4.42 Å². The Kier molecular flexibility index (Phi) is 5.44. The fraction of sp³-hybridized carbons (Fsp3) is 0.0435. The number of amides is 1. The number of aryl methyl sites for hydroxylation is 1. The van der Waals surface area contributed by atoms with Gasteiger partial charge in [0.15, 0.2) is 0 Å². The van der Waals surface area contributed by atoms with Crippen LogP contribution in [0.15, 0.2) is 88.6 Å². The maximum Gasteiger partial charge on any atom is 0.271 e. The van der Waals surface area contributed by atoms with Gasteiger partial charge in [-0.15, -0.1) is 0 Å². The highest BCUT2D eigenvalue weighted by molar-refractivity contribution is 5.94. The molecule has 0 saturated carbocycles. The first-order valence-corrected chi connectivity index (χ1v) is 9.43. The molecule has 4 aromatic rings. The molecule has 8 heteroatoms. The minimum Gasteiger partial charge on any atom is -0.455 e. The molecule has 0 spiro atoms. The molecule has 0 unspecified atom stereocenters. The van der Waals surface area contributed by atoms with Crippen molar-refractivity contribution in [2.75, 3.05) is 0 Å². The number of aromatic nitrogens is 1. The van der Waals surface area contributed by atoms with E-state index in [9.17, 15) is 14.9 Å². The highest BCUT2D eigenvalue weighted by Gasteiger charge is 2.12. The second-order valence-corrected chi connectivity index (χ2v) is 6.79. The van der Waals surface area contributed by atoms with E-state index in [1.807, 2.05) is 41.2 Å². The van der Waals surface area contributed by atoms with Gasteiger partial charge in [-0.3, -0.25) is 14.9 Å².